The molecule has 0 aliphatic carbocycles. The van der Waals surface area contributed by atoms with Gasteiger partial charge in [0.05, 0.1) is 17.3 Å². The number of hydrogen-bond donors (Lipinski definition) is 0. The zero-order chi connectivity index (χ0) is 23.1. The highest BCUT2D eigenvalue weighted by Gasteiger charge is 2.27. The fourth-order valence-corrected chi connectivity index (χ4v) is 4.20. The summed E-state index contributed by atoms with van der Waals surface area (Å²) in [5.74, 6) is 1.31. The van der Waals surface area contributed by atoms with Gasteiger partial charge in [0, 0.05) is 6.07 Å². The van der Waals surface area contributed by atoms with Gasteiger partial charge in [0.1, 0.15) is 11.3 Å². The van der Waals surface area contributed by atoms with Gasteiger partial charge in [-0.25, -0.2) is 4.98 Å². The summed E-state index contributed by atoms with van der Waals surface area (Å²) < 4.78 is 16.8. The minimum absolute atomic E-state index is 0.00927. The number of aromatic nitrogens is 1. The van der Waals surface area contributed by atoms with Crippen molar-refractivity contribution < 1.29 is 18.5 Å². The average Bonchev–Trinajstić information content (AvgIpc) is 3.35. The molecule has 0 fully saturated rings. The molecule has 0 saturated carbocycles. The van der Waals surface area contributed by atoms with E-state index in [0.717, 1.165) is 6.42 Å². The minimum Gasteiger partial charge on any atom is -0.459 e. The van der Waals surface area contributed by atoms with Crippen LogP contribution in [-0.2, 0) is 5.41 Å². The lowest BCUT2D eigenvalue weighted by atomic mass is 9.72. The molecule has 0 N–H and O–H groups in total. The summed E-state index contributed by atoms with van der Waals surface area (Å²) in [5, 5.41) is 11.7. The van der Waals surface area contributed by atoms with E-state index in [1.54, 1.807) is 12.1 Å². The lowest BCUT2D eigenvalue weighted by Gasteiger charge is -2.33. The molecule has 0 amide bonds. The lowest BCUT2D eigenvalue weighted by Crippen LogP contribution is -2.24. The summed E-state index contributed by atoms with van der Waals surface area (Å²) >= 11 is 0. The maximum Gasteiger partial charge on any atom is 0.315 e. The van der Waals surface area contributed by atoms with Gasteiger partial charge in [0.15, 0.2) is 11.3 Å². The number of fused-ring (bicyclic) bond motifs is 1. The van der Waals surface area contributed by atoms with Gasteiger partial charge in [-0.3, -0.25) is 10.1 Å². The zero-order valence-electron chi connectivity index (χ0n) is 18.8. The minimum atomic E-state index is -0.495. The second-order valence-corrected chi connectivity index (χ2v) is 9.79. The molecule has 4 rings (SSSR count). The average molecular weight is 434 g/mol. The standard InChI is InChI=1S/C25H26N2O5/c1-24(2,3)15-25(4,5)16-8-10-17(11-9-16)31-22-13-18-21(14-19(22)27(28)29)32-23(26-18)20-7-6-12-30-20/h6-14H,15H2,1-5H3. The Bertz CT molecular complexity index is 1250. The van der Waals surface area contributed by atoms with Gasteiger partial charge >= 0.3 is 5.69 Å². The summed E-state index contributed by atoms with van der Waals surface area (Å²) in [6, 6.07) is 14.0. The molecule has 4 aromatic rings. The van der Waals surface area contributed by atoms with Crippen LogP contribution in [0.5, 0.6) is 11.5 Å². The molecule has 2 heterocycles. The van der Waals surface area contributed by atoms with Crippen molar-refractivity contribution in [2.45, 2.75) is 46.5 Å². The maximum atomic E-state index is 11.7. The van der Waals surface area contributed by atoms with Crippen LogP contribution in [0.2, 0.25) is 0 Å². The van der Waals surface area contributed by atoms with Crippen LogP contribution in [0.25, 0.3) is 22.8 Å². The number of rotatable bonds is 6. The van der Waals surface area contributed by atoms with Crippen molar-refractivity contribution >= 4 is 16.8 Å². The molecule has 0 atom stereocenters. The molecule has 0 saturated heterocycles. The molecule has 2 aromatic carbocycles. The summed E-state index contributed by atoms with van der Waals surface area (Å²) in [4.78, 5) is 15.5. The number of furan rings is 1. The van der Waals surface area contributed by atoms with Crippen LogP contribution in [0.15, 0.2) is 63.6 Å². The molecule has 0 aliphatic heterocycles. The number of nitrogens with zero attached hydrogens (tertiary/aromatic N) is 2. The first-order valence-electron chi connectivity index (χ1n) is 10.4. The highest BCUT2D eigenvalue weighted by molar-refractivity contribution is 5.81. The fourth-order valence-electron chi connectivity index (χ4n) is 4.20. The van der Waals surface area contributed by atoms with E-state index >= 15 is 0 Å². The van der Waals surface area contributed by atoms with Crippen LogP contribution >= 0.6 is 0 Å². The van der Waals surface area contributed by atoms with Gasteiger partial charge in [-0.15, -0.1) is 0 Å². The van der Waals surface area contributed by atoms with E-state index in [9.17, 15) is 10.1 Å². The maximum absolute atomic E-state index is 11.7. The Morgan fingerprint density at radius 1 is 1.06 bits per heavy atom. The Balaban J connectivity index is 1.64. The van der Waals surface area contributed by atoms with Crippen LogP contribution in [0, 0.1) is 15.5 Å². The third-order valence-electron chi connectivity index (χ3n) is 5.23. The van der Waals surface area contributed by atoms with Gasteiger partial charge in [0.25, 0.3) is 5.89 Å². The Kier molecular flexibility index (Phi) is 5.28. The molecule has 0 spiro atoms. The Labute approximate surface area is 186 Å². The van der Waals surface area contributed by atoms with Gasteiger partial charge in [-0.2, -0.15) is 0 Å². The number of oxazole rings is 1. The van der Waals surface area contributed by atoms with E-state index in [1.165, 1.54) is 24.0 Å². The largest absolute Gasteiger partial charge is 0.459 e. The van der Waals surface area contributed by atoms with E-state index in [2.05, 4.69) is 39.6 Å². The van der Waals surface area contributed by atoms with E-state index in [0.29, 0.717) is 17.0 Å². The van der Waals surface area contributed by atoms with E-state index in [-0.39, 0.29) is 33.7 Å². The summed E-state index contributed by atoms with van der Waals surface area (Å²) in [6.07, 6.45) is 2.53. The van der Waals surface area contributed by atoms with Crippen LogP contribution in [-0.4, -0.2) is 9.91 Å². The number of nitro benzene ring substituents is 1. The van der Waals surface area contributed by atoms with Crippen LogP contribution in [0.1, 0.15) is 46.6 Å². The predicted octanol–water partition coefficient (Wildman–Crippen LogP) is 7.50. The first kappa shape index (κ1) is 21.6. The van der Waals surface area contributed by atoms with Crippen molar-refractivity contribution in [3.63, 3.8) is 0 Å². The van der Waals surface area contributed by atoms with Gasteiger partial charge in [0.2, 0.25) is 5.75 Å². The number of benzene rings is 2. The summed E-state index contributed by atoms with van der Waals surface area (Å²) in [7, 11) is 0. The van der Waals surface area contributed by atoms with Crippen LogP contribution in [0.3, 0.4) is 0 Å². The van der Waals surface area contributed by atoms with Crippen LogP contribution in [0.4, 0.5) is 5.69 Å². The Morgan fingerprint density at radius 2 is 1.78 bits per heavy atom. The van der Waals surface area contributed by atoms with Gasteiger partial charge in [-0.1, -0.05) is 46.8 Å². The Hall–Kier alpha value is -3.61. The molecule has 0 bridgehead atoms. The first-order chi connectivity index (χ1) is 15.0. The molecule has 32 heavy (non-hydrogen) atoms. The lowest BCUT2D eigenvalue weighted by molar-refractivity contribution is -0.385. The van der Waals surface area contributed by atoms with Crippen molar-refractivity contribution in [2.24, 2.45) is 5.41 Å². The van der Waals surface area contributed by atoms with Crippen molar-refractivity contribution in [1.82, 2.24) is 4.98 Å². The molecule has 0 unspecified atom stereocenters. The number of hydrogen-bond acceptors (Lipinski definition) is 6. The van der Waals surface area contributed by atoms with Gasteiger partial charge < -0.3 is 13.6 Å². The smallest absolute Gasteiger partial charge is 0.315 e. The third kappa shape index (κ3) is 4.51. The fraction of sp³-hybridized carbons (Fsp3) is 0.320. The number of nitro groups is 1. The topological polar surface area (TPSA) is 91.5 Å². The predicted molar refractivity (Wildman–Crippen MR) is 122 cm³/mol. The van der Waals surface area contributed by atoms with E-state index in [1.807, 2.05) is 24.3 Å². The Morgan fingerprint density at radius 3 is 2.38 bits per heavy atom. The molecule has 7 heteroatoms. The monoisotopic (exact) mass is 434 g/mol. The molecule has 2 aromatic heterocycles. The molecule has 7 nitrogen and oxygen atoms in total. The van der Waals surface area contributed by atoms with Crippen molar-refractivity contribution in [3.05, 3.63) is 70.5 Å². The molecular formula is C25H26N2O5. The third-order valence-corrected chi connectivity index (χ3v) is 5.23. The van der Waals surface area contributed by atoms with E-state index in [4.69, 9.17) is 13.6 Å². The molecule has 166 valence electrons. The SMILES string of the molecule is CC(C)(C)CC(C)(C)c1ccc(Oc2cc3nc(-c4ccco4)oc3cc2[N+](=O)[O-])cc1. The van der Waals surface area contributed by atoms with Crippen LogP contribution < -0.4 is 4.74 Å². The van der Waals surface area contributed by atoms with Crippen molar-refractivity contribution in [3.8, 4) is 23.1 Å². The second kappa shape index (κ2) is 7.82. The second-order valence-electron chi connectivity index (χ2n) is 9.79. The zero-order valence-corrected chi connectivity index (χ0v) is 18.8. The molecular weight excluding hydrogens is 408 g/mol. The number of ether oxygens (including phenoxy) is 1. The van der Waals surface area contributed by atoms with E-state index < -0.39 is 4.92 Å². The normalized spacial score (nSPS) is 12.3. The van der Waals surface area contributed by atoms with Crippen molar-refractivity contribution in [2.75, 3.05) is 0 Å². The highest BCUT2D eigenvalue weighted by Crippen LogP contribution is 2.39. The highest BCUT2D eigenvalue weighted by atomic mass is 16.6. The molecule has 0 radical (unpaired) electrons. The van der Waals surface area contributed by atoms with Gasteiger partial charge in [-0.05, 0) is 47.1 Å². The molecule has 0 aliphatic rings. The summed E-state index contributed by atoms with van der Waals surface area (Å²) in [5.41, 5.74) is 1.90. The summed E-state index contributed by atoms with van der Waals surface area (Å²) in [6.45, 7) is 11.1. The quantitative estimate of drug-likeness (QED) is 0.230. The van der Waals surface area contributed by atoms with Crippen molar-refractivity contribution in [1.29, 1.82) is 0 Å². The first-order valence-corrected chi connectivity index (χ1v) is 10.4.